The van der Waals surface area contributed by atoms with Gasteiger partial charge in [0, 0.05) is 23.6 Å². The Morgan fingerprint density at radius 3 is 2.52 bits per heavy atom. The number of hydrogen-bond acceptors (Lipinski definition) is 5. The van der Waals surface area contributed by atoms with Crippen LogP contribution in [0.1, 0.15) is 16.7 Å². The van der Waals surface area contributed by atoms with Crippen molar-refractivity contribution in [1.82, 2.24) is 0 Å². The Bertz CT molecular complexity index is 923. The van der Waals surface area contributed by atoms with Gasteiger partial charge >= 0.3 is 0 Å². The lowest BCUT2D eigenvalue weighted by Crippen LogP contribution is -2.09. The lowest BCUT2D eigenvalue weighted by molar-refractivity contribution is 0.414. The van der Waals surface area contributed by atoms with E-state index in [1.54, 1.807) is 14.0 Å². The van der Waals surface area contributed by atoms with Gasteiger partial charge in [-0.15, -0.1) is 0 Å². The van der Waals surface area contributed by atoms with Crippen molar-refractivity contribution < 1.29 is 19.4 Å². The third kappa shape index (κ3) is 2.61. The first-order chi connectivity index (χ1) is 11.0. The number of rotatable bonds is 3. The van der Waals surface area contributed by atoms with Crippen molar-refractivity contribution in [3.63, 3.8) is 0 Å². The number of hydrogen-bond donors (Lipinski definition) is 2. The molecule has 0 aliphatic rings. The van der Waals surface area contributed by atoms with Crippen LogP contribution in [0.3, 0.4) is 0 Å². The van der Waals surface area contributed by atoms with Crippen molar-refractivity contribution in [2.45, 2.75) is 13.3 Å². The summed E-state index contributed by atoms with van der Waals surface area (Å²) in [7, 11) is 1.59. The van der Waals surface area contributed by atoms with Crippen LogP contribution >= 0.6 is 0 Å². The Balaban J connectivity index is 2.08. The molecule has 2 aromatic carbocycles. The molecule has 3 rings (SSSR count). The highest BCUT2D eigenvalue weighted by atomic mass is 16.5. The molecule has 1 heterocycles. The number of ether oxygens (including phenoxy) is 1. The molecule has 0 saturated heterocycles. The summed E-state index contributed by atoms with van der Waals surface area (Å²) in [6, 6.07) is 8.70. The third-order valence-corrected chi connectivity index (χ3v) is 3.89. The molecule has 0 amide bonds. The fourth-order valence-corrected chi connectivity index (χ4v) is 2.48. The molecule has 5 heteroatoms. The topological polar surface area (TPSA) is 79.9 Å². The SMILES string of the molecule is COc1ccc(Cc2coc3cc(O)c(C)c(O)c3c2=O)cc1. The van der Waals surface area contributed by atoms with Gasteiger partial charge in [0.05, 0.1) is 13.4 Å². The van der Waals surface area contributed by atoms with E-state index in [9.17, 15) is 15.0 Å². The first kappa shape index (κ1) is 15.0. The lowest BCUT2D eigenvalue weighted by Gasteiger charge is -2.08. The highest BCUT2D eigenvalue weighted by molar-refractivity contribution is 5.86. The van der Waals surface area contributed by atoms with Crippen molar-refractivity contribution in [3.05, 3.63) is 63.5 Å². The summed E-state index contributed by atoms with van der Waals surface area (Å²) in [5.41, 5.74) is 1.47. The maximum atomic E-state index is 12.6. The molecule has 0 spiro atoms. The quantitative estimate of drug-likeness (QED) is 0.777. The molecule has 0 aliphatic carbocycles. The molecule has 5 nitrogen and oxygen atoms in total. The number of fused-ring (bicyclic) bond motifs is 1. The second-order valence-corrected chi connectivity index (χ2v) is 5.36. The Morgan fingerprint density at radius 1 is 1.17 bits per heavy atom. The first-order valence-electron chi connectivity index (χ1n) is 7.10. The van der Waals surface area contributed by atoms with Gasteiger partial charge in [-0.05, 0) is 24.6 Å². The Labute approximate surface area is 132 Å². The lowest BCUT2D eigenvalue weighted by atomic mass is 10.0. The van der Waals surface area contributed by atoms with Gasteiger partial charge < -0.3 is 19.4 Å². The number of methoxy groups -OCH3 is 1. The second-order valence-electron chi connectivity index (χ2n) is 5.36. The minimum Gasteiger partial charge on any atom is -0.507 e. The summed E-state index contributed by atoms with van der Waals surface area (Å²) < 4.78 is 10.5. The normalized spacial score (nSPS) is 10.9. The van der Waals surface area contributed by atoms with E-state index in [1.165, 1.54) is 12.3 Å². The van der Waals surface area contributed by atoms with Gasteiger partial charge in [-0.1, -0.05) is 12.1 Å². The van der Waals surface area contributed by atoms with Crippen molar-refractivity contribution >= 4 is 11.0 Å². The van der Waals surface area contributed by atoms with Crippen molar-refractivity contribution in [3.8, 4) is 17.2 Å². The average molecular weight is 312 g/mol. The molecule has 0 unspecified atom stereocenters. The molecule has 23 heavy (non-hydrogen) atoms. The summed E-state index contributed by atoms with van der Waals surface area (Å²) in [5.74, 6) is 0.384. The van der Waals surface area contributed by atoms with Crippen LogP contribution in [0, 0.1) is 6.92 Å². The van der Waals surface area contributed by atoms with E-state index in [2.05, 4.69) is 0 Å². The summed E-state index contributed by atoms with van der Waals surface area (Å²) >= 11 is 0. The standard InChI is InChI=1S/C18H16O5/c1-10-14(19)8-15-16(17(10)20)18(21)12(9-23-15)7-11-3-5-13(22-2)6-4-11/h3-6,8-9,19-20H,7H2,1-2H3. The molecule has 2 N–H and O–H groups in total. The number of phenols is 2. The fourth-order valence-electron chi connectivity index (χ4n) is 2.48. The van der Waals surface area contributed by atoms with Crippen LogP contribution in [0.5, 0.6) is 17.2 Å². The molecule has 0 atom stereocenters. The van der Waals surface area contributed by atoms with Gasteiger partial charge in [-0.25, -0.2) is 0 Å². The van der Waals surface area contributed by atoms with Crippen LogP contribution < -0.4 is 10.2 Å². The smallest absolute Gasteiger partial charge is 0.199 e. The van der Waals surface area contributed by atoms with Gasteiger partial charge in [0.2, 0.25) is 0 Å². The Morgan fingerprint density at radius 2 is 1.87 bits per heavy atom. The summed E-state index contributed by atoms with van der Waals surface area (Å²) in [6.07, 6.45) is 1.74. The molecule has 0 bridgehead atoms. The zero-order chi connectivity index (χ0) is 16.6. The van der Waals surface area contributed by atoms with E-state index in [0.29, 0.717) is 12.0 Å². The van der Waals surface area contributed by atoms with Gasteiger partial charge in [-0.2, -0.15) is 0 Å². The molecule has 118 valence electrons. The average Bonchev–Trinajstić information content (AvgIpc) is 2.56. The zero-order valence-corrected chi connectivity index (χ0v) is 12.8. The van der Waals surface area contributed by atoms with E-state index in [4.69, 9.17) is 9.15 Å². The minimum atomic E-state index is -0.303. The monoisotopic (exact) mass is 312 g/mol. The molecule has 0 fully saturated rings. The first-order valence-corrected chi connectivity index (χ1v) is 7.10. The Hall–Kier alpha value is -2.95. The predicted molar refractivity (Wildman–Crippen MR) is 86.4 cm³/mol. The van der Waals surface area contributed by atoms with Gasteiger partial charge in [-0.3, -0.25) is 4.79 Å². The molecule has 0 radical (unpaired) electrons. The van der Waals surface area contributed by atoms with Gasteiger partial charge in [0.15, 0.2) is 5.43 Å². The van der Waals surface area contributed by atoms with Crippen LogP contribution in [0.2, 0.25) is 0 Å². The van der Waals surface area contributed by atoms with Crippen LogP contribution in [-0.4, -0.2) is 17.3 Å². The van der Waals surface area contributed by atoms with Crippen molar-refractivity contribution in [1.29, 1.82) is 0 Å². The second kappa shape index (κ2) is 5.68. The molecule has 0 aliphatic heterocycles. The van der Waals surface area contributed by atoms with E-state index in [0.717, 1.165) is 11.3 Å². The van der Waals surface area contributed by atoms with Gasteiger partial charge in [0.25, 0.3) is 0 Å². The van der Waals surface area contributed by atoms with E-state index < -0.39 is 0 Å². The highest BCUT2D eigenvalue weighted by Gasteiger charge is 2.16. The van der Waals surface area contributed by atoms with E-state index >= 15 is 0 Å². The molecular weight excluding hydrogens is 296 g/mol. The van der Waals surface area contributed by atoms with Crippen molar-refractivity contribution in [2.24, 2.45) is 0 Å². The van der Waals surface area contributed by atoms with Crippen LogP contribution in [0.25, 0.3) is 11.0 Å². The van der Waals surface area contributed by atoms with Gasteiger partial charge in [0.1, 0.15) is 28.2 Å². The number of phenolic OH excluding ortho intramolecular Hbond substituents is 2. The van der Waals surface area contributed by atoms with Crippen LogP contribution in [0.4, 0.5) is 0 Å². The highest BCUT2D eigenvalue weighted by Crippen LogP contribution is 2.33. The summed E-state index contributed by atoms with van der Waals surface area (Å²) in [4.78, 5) is 12.6. The van der Waals surface area contributed by atoms with Crippen LogP contribution in [0.15, 0.2) is 45.8 Å². The van der Waals surface area contributed by atoms with E-state index in [1.807, 2.05) is 24.3 Å². The summed E-state index contributed by atoms with van der Waals surface area (Å²) in [5, 5.41) is 19.9. The molecular formula is C18H16O5. The molecule has 1 aromatic heterocycles. The summed E-state index contributed by atoms with van der Waals surface area (Å²) in [6.45, 7) is 1.54. The zero-order valence-electron chi connectivity index (χ0n) is 12.8. The molecule has 3 aromatic rings. The number of aromatic hydroxyl groups is 2. The minimum absolute atomic E-state index is 0.0892. The van der Waals surface area contributed by atoms with Crippen LogP contribution in [-0.2, 0) is 6.42 Å². The third-order valence-electron chi connectivity index (χ3n) is 3.89. The largest absolute Gasteiger partial charge is 0.507 e. The predicted octanol–water partition coefficient (Wildman–Crippen LogP) is 3.11. The molecule has 0 saturated carbocycles. The van der Waals surface area contributed by atoms with E-state index in [-0.39, 0.29) is 33.5 Å². The Kier molecular flexibility index (Phi) is 3.70. The number of benzene rings is 2. The maximum absolute atomic E-state index is 12.6. The maximum Gasteiger partial charge on any atom is 0.199 e. The fraction of sp³-hybridized carbons (Fsp3) is 0.167. The van der Waals surface area contributed by atoms with Crippen molar-refractivity contribution in [2.75, 3.05) is 7.11 Å².